The molecule has 2 aromatic rings. The SMILES string of the molecule is Cc1cnc(C(=O)N2CCC(c3nc(C)cc(C)n3)C2)cn1. The Labute approximate surface area is 129 Å². The quantitative estimate of drug-likeness (QED) is 0.845. The molecule has 1 amide bonds. The number of likely N-dealkylation sites (tertiary alicyclic amines) is 1. The second kappa shape index (κ2) is 5.79. The molecular weight excluding hydrogens is 278 g/mol. The fourth-order valence-electron chi connectivity index (χ4n) is 2.76. The van der Waals surface area contributed by atoms with Gasteiger partial charge in [-0.25, -0.2) is 15.0 Å². The van der Waals surface area contributed by atoms with E-state index in [2.05, 4.69) is 19.9 Å². The van der Waals surface area contributed by atoms with Gasteiger partial charge in [0.25, 0.3) is 5.91 Å². The number of hydrogen-bond donors (Lipinski definition) is 0. The lowest BCUT2D eigenvalue weighted by Gasteiger charge is -2.15. The van der Waals surface area contributed by atoms with E-state index in [4.69, 9.17) is 0 Å². The number of carbonyl (C=O) groups is 1. The van der Waals surface area contributed by atoms with Crippen molar-refractivity contribution in [3.8, 4) is 0 Å². The van der Waals surface area contributed by atoms with Crippen molar-refractivity contribution in [1.29, 1.82) is 0 Å². The fourth-order valence-corrected chi connectivity index (χ4v) is 2.76. The smallest absolute Gasteiger partial charge is 0.274 e. The van der Waals surface area contributed by atoms with Crippen molar-refractivity contribution in [2.75, 3.05) is 13.1 Å². The van der Waals surface area contributed by atoms with Crippen molar-refractivity contribution in [1.82, 2.24) is 24.8 Å². The van der Waals surface area contributed by atoms with Crippen molar-refractivity contribution in [2.24, 2.45) is 0 Å². The third-order valence-corrected chi connectivity index (χ3v) is 3.84. The van der Waals surface area contributed by atoms with E-state index in [0.717, 1.165) is 29.3 Å². The van der Waals surface area contributed by atoms with E-state index in [1.165, 1.54) is 6.20 Å². The van der Waals surface area contributed by atoms with Gasteiger partial charge in [-0.1, -0.05) is 0 Å². The first-order chi connectivity index (χ1) is 10.5. The van der Waals surface area contributed by atoms with Gasteiger partial charge in [-0.3, -0.25) is 9.78 Å². The van der Waals surface area contributed by atoms with Crippen LogP contribution in [0.1, 0.15) is 45.7 Å². The Balaban J connectivity index is 1.74. The van der Waals surface area contributed by atoms with Gasteiger partial charge < -0.3 is 4.90 Å². The molecule has 6 heteroatoms. The lowest BCUT2D eigenvalue weighted by Crippen LogP contribution is -2.29. The maximum Gasteiger partial charge on any atom is 0.274 e. The highest BCUT2D eigenvalue weighted by Crippen LogP contribution is 2.26. The van der Waals surface area contributed by atoms with Gasteiger partial charge in [-0.15, -0.1) is 0 Å². The van der Waals surface area contributed by atoms with Gasteiger partial charge in [0.1, 0.15) is 11.5 Å². The minimum absolute atomic E-state index is 0.0700. The summed E-state index contributed by atoms with van der Waals surface area (Å²) in [4.78, 5) is 31.6. The topological polar surface area (TPSA) is 71.9 Å². The van der Waals surface area contributed by atoms with E-state index in [9.17, 15) is 4.79 Å². The van der Waals surface area contributed by atoms with Gasteiger partial charge in [0.15, 0.2) is 0 Å². The monoisotopic (exact) mass is 297 g/mol. The van der Waals surface area contributed by atoms with E-state index in [1.54, 1.807) is 6.20 Å². The molecule has 2 aromatic heterocycles. The van der Waals surface area contributed by atoms with Gasteiger partial charge in [0.05, 0.1) is 11.9 Å². The zero-order valence-corrected chi connectivity index (χ0v) is 13.1. The molecule has 3 rings (SSSR count). The van der Waals surface area contributed by atoms with E-state index >= 15 is 0 Å². The first kappa shape index (κ1) is 14.6. The maximum absolute atomic E-state index is 12.5. The molecule has 3 heterocycles. The summed E-state index contributed by atoms with van der Waals surface area (Å²) in [5.41, 5.74) is 3.14. The molecular formula is C16H19N5O. The van der Waals surface area contributed by atoms with Crippen LogP contribution >= 0.6 is 0 Å². The first-order valence-electron chi connectivity index (χ1n) is 7.43. The number of aromatic nitrogens is 4. The van der Waals surface area contributed by atoms with Crippen LogP contribution in [-0.2, 0) is 0 Å². The van der Waals surface area contributed by atoms with Crippen LogP contribution in [0.25, 0.3) is 0 Å². The lowest BCUT2D eigenvalue weighted by molar-refractivity contribution is 0.0784. The lowest BCUT2D eigenvalue weighted by atomic mass is 10.1. The van der Waals surface area contributed by atoms with Gasteiger partial charge in [0.2, 0.25) is 0 Å². The zero-order valence-electron chi connectivity index (χ0n) is 13.1. The summed E-state index contributed by atoms with van der Waals surface area (Å²) in [7, 11) is 0. The second-order valence-electron chi connectivity index (χ2n) is 5.79. The van der Waals surface area contributed by atoms with Crippen LogP contribution < -0.4 is 0 Å². The van der Waals surface area contributed by atoms with E-state index in [-0.39, 0.29) is 11.8 Å². The van der Waals surface area contributed by atoms with Crippen LogP contribution in [0.4, 0.5) is 0 Å². The number of amides is 1. The van der Waals surface area contributed by atoms with Crippen molar-refractivity contribution in [3.05, 3.63) is 47.1 Å². The molecule has 0 radical (unpaired) electrons. The summed E-state index contributed by atoms with van der Waals surface area (Å²) >= 11 is 0. The van der Waals surface area contributed by atoms with Gasteiger partial charge in [0, 0.05) is 36.6 Å². The first-order valence-corrected chi connectivity index (χ1v) is 7.43. The Kier molecular flexibility index (Phi) is 3.83. The molecule has 1 saturated heterocycles. The maximum atomic E-state index is 12.5. The number of rotatable bonds is 2. The molecule has 0 aliphatic carbocycles. The molecule has 22 heavy (non-hydrogen) atoms. The van der Waals surface area contributed by atoms with Crippen molar-refractivity contribution < 1.29 is 4.79 Å². The molecule has 0 spiro atoms. The molecule has 1 aliphatic heterocycles. The Morgan fingerprint density at radius 3 is 2.45 bits per heavy atom. The summed E-state index contributed by atoms with van der Waals surface area (Å²) in [6, 6.07) is 1.96. The average Bonchev–Trinajstić information content (AvgIpc) is 2.96. The molecule has 114 valence electrons. The minimum atomic E-state index is -0.0700. The van der Waals surface area contributed by atoms with E-state index in [1.807, 2.05) is 31.7 Å². The molecule has 1 unspecified atom stereocenters. The van der Waals surface area contributed by atoms with Crippen LogP contribution in [-0.4, -0.2) is 43.8 Å². The Hall–Kier alpha value is -2.37. The van der Waals surface area contributed by atoms with Crippen molar-refractivity contribution in [3.63, 3.8) is 0 Å². The van der Waals surface area contributed by atoms with Gasteiger partial charge in [-0.2, -0.15) is 0 Å². The molecule has 1 atom stereocenters. The molecule has 1 aliphatic rings. The van der Waals surface area contributed by atoms with Crippen LogP contribution in [0.15, 0.2) is 18.5 Å². The largest absolute Gasteiger partial charge is 0.337 e. The van der Waals surface area contributed by atoms with Crippen LogP contribution in [0.5, 0.6) is 0 Å². The summed E-state index contributed by atoms with van der Waals surface area (Å²) in [5, 5.41) is 0. The standard InChI is InChI=1S/C16H19N5O/c1-10-6-11(2)20-15(19-10)13-4-5-21(9-13)16(22)14-8-17-12(3)7-18-14/h6-8,13H,4-5,9H2,1-3H3. The molecule has 0 saturated carbocycles. The highest BCUT2D eigenvalue weighted by molar-refractivity contribution is 5.92. The van der Waals surface area contributed by atoms with Crippen molar-refractivity contribution in [2.45, 2.75) is 33.1 Å². The van der Waals surface area contributed by atoms with Crippen molar-refractivity contribution >= 4 is 5.91 Å². The molecule has 6 nitrogen and oxygen atoms in total. The molecule has 1 fully saturated rings. The highest BCUT2D eigenvalue weighted by atomic mass is 16.2. The minimum Gasteiger partial charge on any atom is -0.337 e. The predicted molar refractivity (Wildman–Crippen MR) is 81.5 cm³/mol. The molecule has 0 bridgehead atoms. The number of aryl methyl sites for hydroxylation is 3. The Bertz CT molecular complexity index is 678. The number of carbonyl (C=O) groups excluding carboxylic acids is 1. The summed E-state index contributed by atoms with van der Waals surface area (Å²) in [5.74, 6) is 0.961. The zero-order chi connectivity index (χ0) is 15.7. The van der Waals surface area contributed by atoms with E-state index in [0.29, 0.717) is 18.8 Å². The molecule has 0 aromatic carbocycles. The van der Waals surface area contributed by atoms with Crippen LogP contribution in [0.2, 0.25) is 0 Å². The van der Waals surface area contributed by atoms with E-state index < -0.39 is 0 Å². The third-order valence-electron chi connectivity index (χ3n) is 3.84. The Morgan fingerprint density at radius 2 is 1.82 bits per heavy atom. The van der Waals surface area contributed by atoms with Crippen LogP contribution in [0, 0.1) is 20.8 Å². The van der Waals surface area contributed by atoms with Gasteiger partial charge in [-0.05, 0) is 33.3 Å². The predicted octanol–water partition coefficient (Wildman–Crippen LogP) is 1.82. The van der Waals surface area contributed by atoms with Crippen LogP contribution in [0.3, 0.4) is 0 Å². The summed E-state index contributed by atoms with van der Waals surface area (Å²) in [6.45, 7) is 7.13. The third kappa shape index (κ3) is 2.95. The number of nitrogens with zero attached hydrogens (tertiary/aromatic N) is 5. The molecule has 0 N–H and O–H groups in total. The highest BCUT2D eigenvalue weighted by Gasteiger charge is 2.30. The normalized spacial score (nSPS) is 17.8. The summed E-state index contributed by atoms with van der Waals surface area (Å²) in [6.07, 6.45) is 4.04. The Morgan fingerprint density at radius 1 is 1.09 bits per heavy atom. The number of hydrogen-bond acceptors (Lipinski definition) is 5. The van der Waals surface area contributed by atoms with Gasteiger partial charge >= 0.3 is 0 Å². The second-order valence-corrected chi connectivity index (χ2v) is 5.79. The fraction of sp³-hybridized carbons (Fsp3) is 0.438. The summed E-state index contributed by atoms with van der Waals surface area (Å²) < 4.78 is 0. The average molecular weight is 297 g/mol.